The van der Waals surface area contributed by atoms with Gasteiger partial charge < -0.3 is 26.4 Å². The molecule has 2 rings (SSSR count). The first-order valence-corrected chi connectivity index (χ1v) is 11.3. The summed E-state index contributed by atoms with van der Waals surface area (Å²) in [4.78, 5) is 46.9. The summed E-state index contributed by atoms with van der Waals surface area (Å²) >= 11 is 0. The molecule has 4 amide bonds. The fourth-order valence-corrected chi connectivity index (χ4v) is 3.31. The summed E-state index contributed by atoms with van der Waals surface area (Å²) in [5.41, 5.74) is 2.69. The molecule has 0 aromatic heterocycles. The van der Waals surface area contributed by atoms with Gasteiger partial charge in [-0.2, -0.15) is 0 Å². The lowest BCUT2D eigenvalue weighted by atomic mass is 9.99. The minimum absolute atomic E-state index is 0.226. The lowest BCUT2D eigenvalue weighted by Crippen LogP contribution is -2.39. The lowest BCUT2D eigenvalue weighted by molar-refractivity contribution is -0.138. The maximum Gasteiger partial charge on any atom is 0.314 e. The van der Waals surface area contributed by atoms with Crippen LogP contribution >= 0.6 is 0 Å². The van der Waals surface area contributed by atoms with E-state index in [0.717, 1.165) is 11.1 Å². The Morgan fingerprint density at radius 2 is 1.50 bits per heavy atom. The summed E-state index contributed by atoms with van der Waals surface area (Å²) < 4.78 is 0. The summed E-state index contributed by atoms with van der Waals surface area (Å²) in [5, 5.41) is 19.8. The van der Waals surface area contributed by atoms with E-state index in [9.17, 15) is 24.3 Å². The number of aliphatic carboxylic acids is 1. The number of amides is 4. The molecule has 182 valence electrons. The average Bonchev–Trinajstić information content (AvgIpc) is 2.82. The van der Waals surface area contributed by atoms with Crippen molar-refractivity contribution in [2.24, 2.45) is 0 Å². The van der Waals surface area contributed by atoms with Crippen molar-refractivity contribution < 1.29 is 24.3 Å². The van der Waals surface area contributed by atoms with E-state index < -0.39 is 17.9 Å². The van der Waals surface area contributed by atoms with Crippen LogP contribution in [-0.4, -0.2) is 48.6 Å². The molecule has 0 bridgehead atoms. The number of carboxylic acids is 1. The number of carbonyl (C=O) groups excluding carboxylic acids is 3. The second-order valence-corrected chi connectivity index (χ2v) is 7.73. The molecule has 0 heterocycles. The highest BCUT2D eigenvalue weighted by molar-refractivity contribution is 5.85. The van der Waals surface area contributed by atoms with Crippen molar-refractivity contribution in [2.45, 2.75) is 38.6 Å². The van der Waals surface area contributed by atoms with Gasteiger partial charge in [0.15, 0.2) is 0 Å². The minimum atomic E-state index is -1.04. The summed E-state index contributed by atoms with van der Waals surface area (Å²) in [5.74, 6) is -1.79. The third kappa shape index (κ3) is 9.72. The fraction of sp³-hybridized carbons (Fsp3) is 0.360. The van der Waals surface area contributed by atoms with Crippen molar-refractivity contribution in [3.05, 3.63) is 60.2 Å². The normalized spacial score (nSPS) is 11.2. The number of urea groups is 1. The van der Waals surface area contributed by atoms with Gasteiger partial charge in [0.1, 0.15) is 0 Å². The molecule has 34 heavy (non-hydrogen) atoms. The molecule has 9 heteroatoms. The molecular weight excluding hydrogens is 436 g/mol. The van der Waals surface area contributed by atoms with E-state index in [1.165, 1.54) is 0 Å². The number of rotatable bonds is 13. The first-order valence-electron chi connectivity index (χ1n) is 11.3. The number of hydrogen-bond donors (Lipinski definition) is 5. The van der Waals surface area contributed by atoms with Crippen molar-refractivity contribution in [2.75, 3.05) is 19.6 Å². The maximum absolute atomic E-state index is 12.3. The van der Waals surface area contributed by atoms with Crippen LogP contribution in [0.3, 0.4) is 0 Å². The van der Waals surface area contributed by atoms with Crippen molar-refractivity contribution in [1.29, 1.82) is 0 Å². The molecule has 0 fully saturated rings. The van der Waals surface area contributed by atoms with Gasteiger partial charge >= 0.3 is 12.0 Å². The molecule has 0 saturated carbocycles. The zero-order valence-corrected chi connectivity index (χ0v) is 19.3. The highest BCUT2D eigenvalue weighted by Gasteiger charge is 2.18. The van der Waals surface area contributed by atoms with E-state index in [2.05, 4.69) is 21.3 Å². The second kappa shape index (κ2) is 14.3. The summed E-state index contributed by atoms with van der Waals surface area (Å²) in [6.07, 6.45) is 1.15. The number of hydrogen-bond acceptors (Lipinski definition) is 4. The zero-order chi connectivity index (χ0) is 24.8. The van der Waals surface area contributed by atoms with E-state index in [0.29, 0.717) is 31.5 Å². The Bertz CT molecular complexity index is 948. The standard InChI is InChI=1S/C25H32N4O5/c1-2-26-25(34)27-15-7-6-10-22(30)28-17-23(31)29-21(16-24(32)33)20-13-11-19(12-14-20)18-8-4-3-5-9-18/h3-5,8-9,11-14,21H,2,6-7,10,15-17H2,1H3,(H,28,30)(H,29,31)(H,32,33)(H2,26,27,34). The molecule has 0 aliphatic heterocycles. The van der Waals surface area contributed by atoms with E-state index in [-0.39, 0.29) is 31.3 Å². The van der Waals surface area contributed by atoms with Crippen molar-refractivity contribution in [3.63, 3.8) is 0 Å². The summed E-state index contributed by atoms with van der Waals surface area (Å²) in [6, 6.07) is 16.2. The molecule has 0 saturated heterocycles. The molecule has 0 aliphatic carbocycles. The van der Waals surface area contributed by atoms with Crippen LogP contribution in [-0.2, 0) is 14.4 Å². The predicted octanol–water partition coefficient (Wildman–Crippen LogP) is 2.59. The fourth-order valence-electron chi connectivity index (χ4n) is 3.31. The molecule has 0 aliphatic rings. The monoisotopic (exact) mass is 468 g/mol. The first-order chi connectivity index (χ1) is 16.4. The smallest absolute Gasteiger partial charge is 0.314 e. The topological polar surface area (TPSA) is 137 Å². The Morgan fingerprint density at radius 1 is 0.824 bits per heavy atom. The van der Waals surface area contributed by atoms with Crippen LogP contribution in [0.2, 0.25) is 0 Å². The van der Waals surface area contributed by atoms with E-state index in [4.69, 9.17) is 0 Å². The quantitative estimate of drug-likeness (QED) is 0.288. The predicted molar refractivity (Wildman–Crippen MR) is 129 cm³/mol. The van der Waals surface area contributed by atoms with Gasteiger partial charge in [0, 0.05) is 19.5 Å². The first kappa shape index (κ1) is 26.4. The summed E-state index contributed by atoms with van der Waals surface area (Å²) in [7, 11) is 0. The number of carbonyl (C=O) groups is 4. The molecular formula is C25H32N4O5. The van der Waals surface area contributed by atoms with Gasteiger partial charge in [-0.05, 0) is 36.5 Å². The SMILES string of the molecule is CCNC(=O)NCCCCC(=O)NCC(=O)NC(CC(=O)O)c1ccc(-c2ccccc2)cc1. The average molecular weight is 469 g/mol. The van der Waals surface area contributed by atoms with Gasteiger partial charge in [-0.25, -0.2) is 4.79 Å². The number of benzene rings is 2. The highest BCUT2D eigenvalue weighted by Crippen LogP contribution is 2.23. The molecule has 5 N–H and O–H groups in total. The van der Waals surface area contributed by atoms with Gasteiger partial charge in [0.2, 0.25) is 11.8 Å². The van der Waals surface area contributed by atoms with Crippen LogP contribution in [0.15, 0.2) is 54.6 Å². The molecule has 2 aromatic rings. The Labute approximate surface area is 199 Å². The Morgan fingerprint density at radius 3 is 2.15 bits per heavy atom. The summed E-state index contributed by atoms with van der Waals surface area (Å²) in [6.45, 7) is 2.59. The van der Waals surface area contributed by atoms with E-state index in [1.807, 2.05) is 49.4 Å². The van der Waals surface area contributed by atoms with Gasteiger partial charge in [-0.3, -0.25) is 14.4 Å². The molecule has 9 nitrogen and oxygen atoms in total. The Hall–Kier alpha value is -3.88. The van der Waals surface area contributed by atoms with Crippen molar-refractivity contribution in [3.8, 4) is 11.1 Å². The largest absolute Gasteiger partial charge is 0.481 e. The highest BCUT2D eigenvalue weighted by atomic mass is 16.4. The van der Waals surface area contributed by atoms with Gasteiger partial charge in [-0.15, -0.1) is 0 Å². The number of unbranched alkanes of at least 4 members (excludes halogenated alkanes) is 1. The third-order valence-electron chi connectivity index (χ3n) is 5.03. The Kier molecular flexibility index (Phi) is 11.1. The van der Waals surface area contributed by atoms with Crippen LogP contribution in [0.4, 0.5) is 4.79 Å². The molecule has 0 radical (unpaired) electrons. The Balaban J connectivity index is 1.80. The van der Waals surface area contributed by atoms with Gasteiger partial charge in [-0.1, -0.05) is 54.6 Å². The van der Waals surface area contributed by atoms with Crippen molar-refractivity contribution >= 4 is 23.8 Å². The zero-order valence-electron chi connectivity index (χ0n) is 19.3. The molecule has 2 aromatic carbocycles. The van der Waals surface area contributed by atoms with Crippen molar-refractivity contribution in [1.82, 2.24) is 21.3 Å². The third-order valence-corrected chi connectivity index (χ3v) is 5.03. The van der Waals surface area contributed by atoms with E-state index >= 15 is 0 Å². The lowest BCUT2D eigenvalue weighted by Gasteiger charge is -2.18. The van der Waals surface area contributed by atoms with Crippen LogP contribution in [0.25, 0.3) is 11.1 Å². The van der Waals surface area contributed by atoms with Crippen LogP contribution < -0.4 is 21.3 Å². The second-order valence-electron chi connectivity index (χ2n) is 7.73. The van der Waals surface area contributed by atoms with Crippen LogP contribution in [0.1, 0.15) is 44.2 Å². The van der Waals surface area contributed by atoms with Crippen LogP contribution in [0.5, 0.6) is 0 Å². The maximum atomic E-state index is 12.3. The molecule has 1 atom stereocenters. The van der Waals surface area contributed by atoms with Gasteiger partial charge in [0.05, 0.1) is 19.0 Å². The number of nitrogens with one attached hydrogen (secondary N) is 4. The minimum Gasteiger partial charge on any atom is -0.481 e. The van der Waals surface area contributed by atoms with E-state index in [1.54, 1.807) is 12.1 Å². The van der Waals surface area contributed by atoms with Crippen LogP contribution in [0, 0.1) is 0 Å². The number of carboxylic acid groups (broad SMARTS) is 1. The van der Waals surface area contributed by atoms with Gasteiger partial charge in [0.25, 0.3) is 0 Å². The molecule has 0 spiro atoms. The molecule has 1 unspecified atom stereocenters.